The first-order valence-corrected chi connectivity index (χ1v) is 6.67. The lowest BCUT2D eigenvalue weighted by Crippen LogP contribution is -1.80. The van der Waals surface area contributed by atoms with E-state index in [-0.39, 0.29) is 0 Å². The van der Waals surface area contributed by atoms with Crippen LogP contribution in [-0.2, 0) is 0 Å². The van der Waals surface area contributed by atoms with E-state index in [9.17, 15) is 0 Å². The fourth-order valence-electron chi connectivity index (χ4n) is 1.64. The summed E-state index contributed by atoms with van der Waals surface area (Å²) in [5.74, 6) is 0. The van der Waals surface area contributed by atoms with Crippen LogP contribution in [0.25, 0.3) is 0 Å². The van der Waals surface area contributed by atoms with E-state index in [2.05, 4.69) is 16.9 Å². The predicted octanol–water partition coefficient (Wildman–Crippen LogP) is 5.13. The van der Waals surface area contributed by atoms with Crippen LogP contribution in [0.3, 0.4) is 0 Å². The van der Waals surface area contributed by atoms with Crippen LogP contribution in [0.5, 0.6) is 0 Å². The molecule has 0 unspecified atom stereocenters. The maximum Gasteiger partial charge on any atom is 0.0629 e. The molecule has 0 aliphatic carbocycles. The number of hydrogen-bond donors (Lipinski definition) is 0. The van der Waals surface area contributed by atoms with Crippen LogP contribution in [0, 0.1) is 0 Å². The molecule has 2 rings (SSSR count). The van der Waals surface area contributed by atoms with E-state index in [0.717, 1.165) is 17.8 Å². The van der Waals surface area contributed by atoms with Gasteiger partial charge < -0.3 is 0 Å². The topological polar surface area (TPSA) is 24.7 Å². The van der Waals surface area contributed by atoms with Gasteiger partial charge in [-0.25, -0.2) is 0 Å². The molecular weight excluding hydrogens is 244 g/mol. The number of rotatable bonds is 5. The van der Waals surface area contributed by atoms with Crippen molar-refractivity contribution in [2.45, 2.75) is 13.3 Å². The average molecular weight is 262 g/mol. The van der Waals surface area contributed by atoms with Gasteiger partial charge in [0.25, 0.3) is 0 Å². The third-order valence-corrected chi connectivity index (χ3v) is 2.75. The molecule has 0 aliphatic rings. The first-order valence-electron chi connectivity index (χ1n) is 6.67. The first-order chi connectivity index (χ1) is 9.84. The van der Waals surface area contributed by atoms with Crippen molar-refractivity contribution in [3.63, 3.8) is 0 Å². The van der Waals surface area contributed by atoms with Crippen LogP contribution in [0.2, 0.25) is 0 Å². The van der Waals surface area contributed by atoms with Crippen molar-refractivity contribution in [2.24, 2.45) is 9.98 Å². The molecule has 20 heavy (non-hydrogen) atoms. The molecule has 2 heteroatoms. The third-order valence-electron chi connectivity index (χ3n) is 2.75. The summed E-state index contributed by atoms with van der Waals surface area (Å²) in [4.78, 5) is 8.77. The highest BCUT2D eigenvalue weighted by molar-refractivity contribution is 5.77. The summed E-state index contributed by atoms with van der Waals surface area (Å²) in [7, 11) is 0. The van der Waals surface area contributed by atoms with Crippen molar-refractivity contribution in [3.05, 3.63) is 72.3 Å². The SMILES string of the molecule is C/C(=C\C=Nc1ccccc1)CC=Nc1ccccc1. The van der Waals surface area contributed by atoms with E-state index in [1.54, 1.807) is 0 Å². The molecule has 0 aliphatic heterocycles. The Morgan fingerprint density at radius 2 is 1.40 bits per heavy atom. The van der Waals surface area contributed by atoms with Crippen LogP contribution in [0.4, 0.5) is 11.4 Å². The quantitative estimate of drug-likeness (QED) is 0.667. The molecule has 0 heterocycles. The molecule has 0 aromatic heterocycles. The summed E-state index contributed by atoms with van der Waals surface area (Å²) in [6, 6.07) is 19.9. The Hall–Kier alpha value is -2.48. The summed E-state index contributed by atoms with van der Waals surface area (Å²) in [6.45, 7) is 2.08. The van der Waals surface area contributed by atoms with Gasteiger partial charge in [-0.1, -0.05) is 42.0 Å². The van der Waals surface area contributed by atoms with Gasteiger partial charge in [0.2, 0.25) is 0 Å². The van der Waals surface area contributed by atoms with Crippen LogP contribution in [0.15, 0.2) is 82.3 Å². The molecule has 2 aromatic carbocycles. The van der Waals surface area contributed by atoms with Crippen molar-refractivity contribution in [1.82, 2.24) is 0 Å². The zero-order valence-corrected chi connectivity index (χ0v) is 11.6. The fourth-order valence-corrected chi connectivity index (χ4v) is 1.64. The first kappa shape index (κ1) is 13.9. The maximum atomic E-state index is 4.40. The molecule has 2 nitrogen and oxygen atoms in total. The summed E-state index contributed by atoms with van der Waals surface area (Å²) < 4.78 is 0. The molecule has 0 amide bonds. The molecule has 0 bridgehead atoms. The van der Waals surface area contributed by atoms with Crippen molar-refractivity contribution in [1.29, 1.82) is 0 Å². The minimum atomic E-state index is 0.829. The van der Waals surface area contributed by atoms with Gasteiger partial charge in [-0.15, -0.1) is 0 Å². The van der Waals surface area contributed by atoms with Crippen LogP contribution >= 0.6 is 0 Å². The van der Waals surface area contributed by atoms with E-state index in [0.29, 0.717) is 0 Å². The summed E-state index contributed by atoms with van der Waals surface area (Å²) in [6.07, 6.45) is 6.61. The highest BCUT2D eigenvalue weighted by Gasteiger charge is 1.87. The zero-order valence-electron chi connectivity index (χ0n) is 11.6. The van der Waals surface area contributed by atoms with E-state index in [1.165, 1.54) is 5.57 Å². The standard InChI is InChI=1S/C18H18N2/c1-16(12-14-19-17-8-4-2-5-9-17)13-15-20-18-10-6-3-7-11-18/h2-12,14-15H,13H2,1H3/b16-12+,19-14?,20-15?. The Morgan fingerprint density at radius 3 is 2.00 bits per heavy atom. The number of nitrogens with zero attached hydrogens (tertiary/aromatic N) is 2. The Bertz CT molecular complexity index is 596. The predicted molar refractivity (Wildman–Crippen MR) is 87.6 cm³/mol. The van der Waals surface area contributed by atoms with Gasteiger partial charge in [0.05, 0.1) is 11.4 Å². The van der Waals surface area contributed by atoms with Crippen LogP contribution < -0.4 is 0 Å². The Morgan fingerprint density at radius 1 is 0.850 bits per heavy atom. The van der Waals surface area contributed by atoms with Crippen molar-refractivity contribution >= 4 is 23.8 Å². The van der Waals surface area contributed by atoms with Gasteiger partial charge in [0.15, 0.2) is 0 Å². The number of allylic oxidation sites excluding steroid dienone is 2. The average Bonchev–Trinajstić information content (AvgIpc) is 2.49. The number of para-hydroxylation sites is 2. The van der Waals surface area contributed by atoms with Crippen LogP contribution in [0.1, 0.15) is 13.3 Å². The molecule has 100 valence electrons. The maximum absolute atomic E-state index is 4.40. The molecule has 2 aromatic rings. The molecule has 0 saturated carbocycles. The van der Waals surface area contributed by atoms with Gasteiger partial charge in [-0.3, -0.25) is 9.98 Å². The molecule has 0 saturated heterocycles. The lowest BCUT2D eigenvalue weighted by molar-refractivity contribution is 1.29. The van der Waals surface area contributed by atoms with Crippen molar-refractivity contribution < 1.29 is 0 Å². The molecule has 0 N–H and O–H groups in total. The summed E-state index contributed by atoms with van der Waals surface area (Å²) >= 11 is 0. The number of aliphatic imine (C=N–C) groups is 2. The lowest BCUT2D eigenvalue weighted by Gasteiger charge is -1.94. The highest BCUT2D eigenvalue weighted by Crippen LogP contribution is 2.10. The number of hydrogen-bond acceptors (Lipinski definition) is 2. The second-order valence-corrected chi connectivity index (χ2v) is 4.48. The molecule has 0 spiro atoms. The van der Waals surface area contributed by atoms with Crippen LogP contribution in [-0.4, -0.2) is 12.4 Å². The van der Waals surface area contributed by atoms with Gasteiger partial charge in [-0.2, -0.15) is 0 Å². The van der Waals surface area contributed by atoms with Crippen molar-refractivity contribution in [2.75, 3.05) is 0 Å². The van der Waals surface area contributed by atoms with Gasteiger partial charge in [0.1, 0.15) is 0 Å². The Labute approximate surface area is 120 Å². The Kier molecular flexibility index (Phi) is 5.47. The highest BCUT2D eigenvalue weighted by atomic mass is 14.7. The van der Waals surface area contributed by atoms with E-state index >= 15 is 0 Å². The summed E-state index contributed by atoms with van der Waals surface area (Å²) in [5, 5.41) is 0. The normalized spacial score (nSPS) is 12.3. The molecule has 0 atom stereocenters. The lowest BCUT2D eigenvalue weighted by atomic mass is 10.2. The molecule has 0 fully saturated rings. The second-order valence-electron chi connectivity index (χ2n) is 4.48. The number of benzene rings is 2. The van der Waals surface area contributed by atoms with Gasteiger partial charge >= 0.3 is 0 Å². The largest absolute Gasteiger partial charge is 0.261 e. The second kappa shape index (κ2) is 7.85. The zero-order chi connectivity index (χ0) is 14.0. The van der Waals surface area contributed by atoms with Gasteiger partial charge in [0, 0.05) is 18.9 Å². The minimum absolute atomic E-state index is 0.829. The minimum Gasteiger partial charge on any atom is -0.261 e. The van der Waals surface area contributed by atoms with E-state index in [1.807, 2.05) is 79.2 Å². The van der Waals surface area contributed by atoms with Crippen molar-refractivity contribution in [3.8, 4) is 0 Å². The Balaban J connectivity index is 1.86. The van der Waals surface area contributed by atoms with E-state index < -0.39 is 0 Å². The monoisotopic (exact) mass is 262 g/mol. The summed E-state index contributed by atoms with van der Waals surface area (Å²) in [5.41, 5.74) is 3.18. The van der Waals surface area contributed by atoms with Gasteiger partial charge in [-0.05, 0) is 37.3 Å². The third kappa shape index (κ3) is 5.02. The smallest absolute Gasteiger partial charge is 0.0629 e. The molecular formula is C18H18N2. The van der Waals surface area contributed by atoms with E-state index in [4.69, 9.17) is 0 Å². The molecule has 0 radical (unpaired) electrons. The fraction of sp³-hybridized carbons (Fsp3) is 0.111.